The van der Waals surface area contributed by atoms with Crippen LogP contribution in [0.5, 0.6) is 0 Å². The maximum Gasteiger partial charge on any atom is 0.158 e. The van der Waals surface area contributed by atoms with Crippen LogP contribution in [0, 0.1) is 5.41 Å². The first-order valence-electron chi connectivity index (χ1n) is 6.04. The molecule has 1 aliphatic rings. The lowest BCUT2D eigenvalue weighted by Gasteiger charge is -2.32. The molecular weight excluding hydrogens is 276 g/mol. The van der Waals surface area contributed by atoms with Gasteiger partial charge in [-0.15, -0.1) is 0 Å². The van der Waals surface area contributed by atoms with Gasteiger partial charge in [0.1, 0.15) is 0 Å². The molecule has 0 saturated heterocycles. The largest absolute Gasteiger partial charge is 0.295 e. The molecule has 2 heteroatoms. The van der Waals surface area contributed by atoms with Crippen LogP contribution in [0.25, 0.3) is 0 Å². The van der Waals surface area contributed by atoms with Crippen LogP contribution in [0.15, 0.2) is 34.9 Å². The van der Waals surface area contributed by atoms with Crippen molar-refractivity contribution in [3.05, 3.63) is 34.9 Å². The Hall–Kier alpha value is -0.630. The number of carbonyl (C=O) groups is 1. The van der Waals surface area contributed by atoms with E-state index in [0.29, 0.717) is 12.2 Å². The molecule has 17 heavy (non-hydrogen) atoms. The zero-order valence-corrected chi connectivity index (χ0v) is 12.7. The van der Waals surface area contributed by atoms with Crippen molar-refractivity contribution in [2.24, 2.45) is 5.41 Å². The molecule has 0 N–H and O–H groups in total. The Bertz CT molecular complexity index is 397. The van der Waals surface area contributed by atoms with E-state index in [4.69, 9.17) is 0 Å². The topological polar surface area (TPSA) is 17.1 Å². The molecule has 1 nitrogen and oxygen atoms in total. The van der Waals surface area contributed by atoms with E-state index in [0.717, 1.165) is 17.3 Å². The van der Waals surface area contributed by atoms with Crippen LogP contribution in [0.2, 0.25) is 0 Å². The molecule has 0 aromatic rings. The van der Waals surface area contributed by atoms with Crippen LogP contribution in [-0.4, -0.2) is 11.1 Å². The lowest BCUT2D eigenvalue weighted by Crippen LogP contribution is -2.24. The van der Waals surface area contributed by atoms with Crippen LogP contribution in [0.3, 0.4) is 0 Å². The summed E-state index contributed by atoms with van der Waals surface area (Å²) in [5, 5.41) is 0.865. The van der Waals surface area contributed by atoms with Gasteiger partial charge < -0.3 is 0 Å². The predicted molar refractivity (Wildman–Crippen MR) is 77.4 cm³/mol. The standard InChI is InChI=1S/C15H21BrO/c1-11(8-10-16)5-6-13-12(2)14(17)7-9-15(13,3)4/h5-6,8H,7,9-10H2,1-4H3. The number of alkyl halides is 1. The number of Topliss-reactive ketones (excluding diaryl/α,β-unsaturated/α-hetero) is 1. The number of rotatable bonds is 3. The van der Waals surface area contributed by atoms with Crippen molar-refractivity contribution in [1.29, 1.82) is 0 Å². The Balaban J connectivity index is 3.04. The van der Waals surface area contributed by atoms with Crippen LogP contribution >= 0.6 is 15.9 Å². The maximum atomic E-state index is 11.7. The average Bonchev–Trinajstić information content (AvgIpc) is 2.24. The zero-order chi connectivity index (χ0) is 13.1. The summed E-state index contributed by atoms with van der Waals surface area (Å²) >= 11 is 3.38. The smallest absolute Gasteiger partial charge is 0.158 e. The number of carbonyl (C=O) groups excluding carboxylic acids is 1. The fourth-order valence-corrected chi connectivity index (χ4v) is 2.67. The fraction of sp³-hybridized carbons (Fsp3) is 0.533. The maximum absolute atomic E-state index is 11.7. The van der Waals surface area contributed by atoms with Crippen LogP contribution in [0.1, 0.15) is 40.5 Å². The molecule has 1 rings (SSSR count). The summed E-state index contributed by atoms with van der Waals surface area (Å²) in [5.41, 5.74) is 3.46. The second kappa shape index (κ2) is 5.81. The molecular formula is C15H21BrO. The van der Waals surface area contributed by atoms with Crippen LogP contribution < -0.4 is 0 Å². The van der Waals surface area contributed by atoms with Gasteiger partial charge in [-0.1, -0.05) is 53.6 Å². The minimum atomic E-state index is 0.114. The normalized spacial score (nSPS) is 21.5. The van der Waals surface area contributed by atoms with Gasteiger partial charge in [-0.2, -0.15) is 0 Å². The predicted octanol–water partition coefficient (Wildman–Crippen LogP) is 4.59. The minimum Gasteiger partial charge on any atom is -0.295 e. The number of allylic oxidation sites excluding steroid dienone is 6. The molecule has 0 aromatic carbocycles. The van der Waals surface area contributed by atoms with Crippen molar-refractivity contribution in [2.75, 3.05) is 5.33 Å². The molecule has 0 spiro atoms. The minimum absolute atomic E-state index is 0.114. The molecule has 0 fully saturated rings. The first kappa shape index (κ1) is 14.4. The number of ketones is 1. The number of hydrogen-bond donors (Lipinski definition) is 0. The highest BCUT2D eigenvalue weighted by atomic mass is 79.9. The average molecular weight is 297 g/mol. The van der Waals surface area contributed by atoms with Gasteiger partial charge in [0.15, 0.2) is 5.78 Å². The van der Waals surface area contributed by atoms with E-state index >= 15 is 0 Å². The third-order valence-electron chi connectivity index (χ3n) is 3.44. The van der Waals surface area contributed by atoms with E-state index < -0.39 is 0 Å². The monoisotopic (exact) mass is 296 g/mol. The second-order valence-corrected chi connectivity index (χ2v) is 5.93. The van der Waals surface area contributed by atoms with E-state index in [1.807, 2.05) is 6.92 Å². The summed E-state index contributed by atoms with van der Waals surface area (Å²) in [5.74, 6) is 0.297. The summed E-state index contributed by atoms with van der Waals surface area (Å²) in [6.07, 6.45) is 7.96. The zero-order valence-electron chi connectivity index (χ0n) is 11.1. The molecule has 0 amide bonds. The van der Waals surface area contributed by atoms with Gasteiger partial charge in [-0.05, 0) is 36.8 Å². The van der Waals surface area contributed by atoms with Gasteiger partial charge in [0.25, 0.3) is 0 Å². The van der Waals surface area contributed by atoms with Gasteiger partial charge in [0, 0.05) is 11.8 Å². The highest BCUT2D eigenvalue weighted by Crippen LogP contribution is 2.39. The first-order valence-corrected chi connectivity index (χ1v) is 7.16. The second-order valence-electron chi connectivity index (χ2n) is 5.28. The quantitative estimate of drug-likeness (QED) is 0.550. The van der Waals surface area contributed by atoms with Crippen molar-refractivity contribution in [3.63, 3.8) is 0 Å². The van der Waals surface area contributed by atoms with Crippen molar-refractivity contribution in [3.8, 4) is 0 Å². The van der Waals surface area contributed by atoms with Crippen LogP contribution in [-0.2, 0) is 4.79 Å². The molecule has 0 aliphatic heterocycles. The van der Waals surface area contributed by atoms with Crippen molar-refractivity contribution in [2.45, 2.75) is 40.5 Å². The molecule has 0 atom stereocenters. The van der Waals surface area contributed by atoms with Gasteiger partial charge in [0.2, 0.25) is 0 Å². The van der Waals surface area contributed by atoms with E-state index in [-0.39, 0.29) is 5.41 Å². The van der Waals surface area contributed by atoms with E-state index in [2.05, 4.69) is 54.9 Å². The first-order chi connectivity index (χ1) is 7.88. The summed E-state index contributed by atoms with van der Waals surface area (Å²) < 4.78 is 0. The Kier molecular flexibility index (Phi) is 4.93. The van der Waals surface area contributed by atoms with Gasteiger partial charge in [0.05, 0.1) is 0 Å². The van der Waals surface area contributed by atoms with Crippen molar-refractivity contribution < 1.29 is 4.79 Å². The van der Waals surface area contributed by atoms with Gasteiger partial charge >= 0.3 is 0 Å². The summed E-state index contributed by atoms with van der Waals surface area (Å²) in [7, 11) is 0. The summed E-state index contributed by atoms with van der Waals surface area (Å²) in [6, 6.07) is 0. The highest BCUT2D eigenvalue weighted by molar-refractivity contribution is 9.09. The Morgan fingerprint density at radius 3 is 2.71 bits per heavy atom. The Labute approximate surface area is 113 Å². The Morgan fingerprint density at radius 1 is 1.47 bits per heavy atom. The highest BCUT2D eigenvalue weighted by Gasteiger charge is 2.30. The molecule has 0 heterocycles. The van der Waals surface area contributed by atoms with Crippen LogP contribution in [0.4, 0.5) is 0 Å². The fourth-order valence-electron chi connectivity index (χ4n) is 2.16. The molecule has 1 aliphatic carbocycles. The third kappa shape index (κ3) is 3.67. The van der Waals surface area contributed by atoms with E-state index in [1.165, 1.54) is 11.1 Å². The molecule has 0 unspecified atom stereocenters. The summed E-state index contributed by atoms with van der Waals surface area (Å²) in [6.45, 7) is 8.45. The lowest BCUT2D eigenvalue weighted by atomic mass is 9.72. The third-order valence-corrected chi connectivity index (χ3v) is 3.76. The van der Waals surface area contributed by atoms with E-state index in [1.54, 1.807) is 0 Å². The molecule has 0 radical (unpaired) electrons. The van der Waals surface area contributed by atoms with E-state index in [9.17, 15) is 4.79 Å². The van der Waals surface area contributed by atoms with Gasteiger partial charge in [-0.25, -0.2) is 0 Å². The Morgan fingerprint density at radius 2 is 2.12 bits per heavy atom. The molecule has 0 aromatic heterocycles. The van der Waals surface area contributed by atoms with Gasteiger partial charge in [-0.3, -0.25) is 4.79 Å². The lowest BCUT2D eigenvalue weighted by molar-refractivity contribution is -0.116. The van der Waals surface area contributed by atoms with Crippen molar-refractivity contribution in [1.82, 2.24) is 0 Å². The molecule has 0 bridgehead atoms. The molecule has 94 valence electrons. The SMILES string of the molecule is CC(C=CC1=C(C)C(=O)CCC1(C)C)=CCBr. The summed E-state index contributed by atoms with van der Waals surface area (Å²) in [4.78, 5) is 11.7. The van der Waals surface area contributed by atoms with Crippen molar-refractivity contribution >= 4 is 21.7 Å². The number of halogens is 1. The number of hydrogen-bond acceptors (Lipinski definition) is 1. The molecule has 0 saturated carbocycles.